The Kier molecular flexibility index (Phi) is 5.59. The van der Waals surface area contributed by atoms with Gasteiger partial charge >= 0.3 is 0 Å². The van der Waals surface area contributed by atoms with Crippen LogP contribution in [0, 0.1) is 11.3 Å². The van der Waals surface area contributed by atoms with Crippen molar-refractivity contribution < 1.29 is 9.94 Å². The molecule has 1 aromatic rings. The summed E-state index contributed by atoms with van der Waals surface area (Å²) in [5.74, 6) is 0.788. The number of nitriles is 1. The Morgan fingerprint density at radius 2 is 2.06 bits per heavy atom. The van der Waals surface area contributed by atoms with Crippen LogP contribution in [0.3, 0.4) is 0 Å². The number of unbranched alkanes of at least 4 members (excludes halogenated alkanes) is 2. The van der Waals surface area contributed by atoms with Crippen LogP contribution in [0.4, 0.5) is 0 Å². The molecule has 90 valence electrons. The monoisotopic (exact) mass is 232 g/mol. The molecule has 0 aromatic heterocycles. The predicted octanol–water partition coefficient (Wildman–Crippen LogP) is 2.96. The van der Waals surface area contributed by atoms with E-state index in [-0.39, 0.29) is 0 Å². The van der Waals surface area contributed by atoms with Gasteiger partial charge in [0.15, 0.2) is 0 Å². The van der Waals surface area contributed by atoms with Crippen molar-refractivity contribution in [3.63, 3.8) is 0 Å². The predicted molar refractivity (Wildman–Crippen MR) is 65.4 cm³/mol. The van der Waals surface area contributed by atoms with Crippen LogP contribution >= 0.6 is 0 Å². The second-order valence-corrected chi connectivity index (χ2v) is 3.67. The molecule has 0 spiro atoms. The minimum atomic E-state index is 0.575. The summed E-state index contributed by atoms with van der Waals surface area (Å²) in [7, 11) is 0. The molecule has 0 fully saturated rings. The average Bonchev–Trinajstić information content (AvgIpc) is 2.38. The highest BCUT2D eigenvalue weighted by atomic mass is 16.5. The van der Waals surface area contributed by atoms with Gasteiger partial charge in [-0.25, -0.2) is 0 Å². The van der Waals surface area contributed by atoms with Crippen LogP contribution in [0.25, 0.3) is 0 Å². The Hall–Kier alpha value is -2.02. The molecule has 0 amide bonds. The Morgan fingerprint density at radius 1 is 1.35 bits per heavy atom. The lowest BCUT2D eigenvalue weighted by atomic mass is 10.1. The minimum absolute atomic E-state index is 0.575. The number of oxime groups is 1. The molecule has 0 unspecified atom stereocenters. The zero-order valence-corrected chi connectivity index (χ0v) is 9.89. The molecule has 1 N–H and O–H groups in total. The maximum atomic E-state index is 8.61. The summed E-state index contributed by atoms with van der Waals surface area (Å²) in [5, 5.41) is 20.1. The van der Waals surface area contributed by atoms with Crippen molar-refractivity contribution in [1.29, 1.82) is 5.26 Å². The molecular weight excluding hydrogens is 216 g/mol. The van der Waals surface area contributed by atoms with Crippen molar-refractivity contribution in [3.8, 4) is 11.8 Å². The van der Waals surface area contributed by atoms with E-state index in [1.54, 1.807) is 6.92 Å². The molecule has 0 atom stereocenters. The van der Waals surface area contributed by atoms with Crippen LogP contribution in [-0.2, 0) is 0 Å². The SMILES string of the molecule is C/C(=N/O)c1ccc(OCCCCC#N)cc1. The van der Waals surface area contributed by atoms with Crippen LogP contribution in [0.5, 0.6) is 5.75 Å². The molecular formula is C13H16N2O2. The molecule has 4 nitrogen and oxygen atoms in total. The first kappa shape index (κ1) is 13.0. The Labute approximate surface area is 101 Å². The van der Waals surface area contributed by atoms with E-state index in [0.717, 1.165) is 24.2 Å². The molecule has 0 saturated heterocycles. The highest BCUT2D eigenvalue weighted by molar-refractivity contribution is 5.98. The standard InChI is InChI=1S/C13H16N2O2/c1-11(15-16)12-5-7-13(8-6-12)17-10-4-2-3-9-14/h5-8,16H,2-4,10H2,1H3/b15-11-. The number of nitrogens with zero attached hydrogens (tertiary/aromatic N) is 2. The van der Waals surface area contributed by atoms with Crippen molar-refractivity contribution in [2.45, 2.75) is 26.2 Å². The quantitative estimate of drug-likeness (QED) is 0.355. The van der Waals surface area contributed by atoms with Crippen molar-refractivity contribution >= 4 is 5.71 Å². The second-order valence-electron chi connectivity index (χ2n) is 3.67. The number of rotatable bonds is 6. The Morgan fingerprint density at radius 3 is 2.65 bits per heavy atom. The van der Waals surface area contributed by atoms with Gasteiger partial charge in [0.25, 0.3) is 0 Å². The summed E-state index contributed by atoms with van der Waals surface area (Å²) in [6.07, 6.45) is 2.33. The number of benzene rings is 1. The van der Waals surface area contributed by atoms with E-state index in [0.29, 0.717) is 18.7 Å². The van der Waals surface area contributed by atoms with E-state index in [4.69, 9.17) is 15.2 Å². The molecule has 0 bridgehead atoms. The molecule has 1 aromatic carbocycles. The van der Waals surface area contributed by atoms with Crippen molar-refractivity contribution in [2.75, 3.05) is 6.61 Å². The summed E-state index contributed by atoms with van der Waals surface area (Å²) >= 11 is 0. The van der Waals surface area contributed by atoms with E-state index in [1.807, 2.05) is 24.3 Å². The van der Waals surface area contributed by atoms with Gasteiger partial charge < -0.3 is 9.94 Å². The van der Waals surface area contributed by atoms with Gasteiger partial charge in [-0.2, -0.15) is 5.26 Å². The van der Waals surface area contributed by atoms with Crippen LogP contribution in [0.2, 0.25) is 0 Å². The smallest absolute Gasteiger partial charge is 0.119 e. The molecule has 0 aliphatic heterocycles. The highest BCUT2D eigenvalue weighted by Crippen LogP contribution is 2.13. The zero-order chi connectivity index (χ0) is 12.5. The fourth-order valence-electron chi connectivity index (χ4n) is 1.35. The molecule has 0 heterocycles. The number of hydrogen-bond acceptors (Lipinski definition) is 4. The van der Waals surface area contributed by atoms with Crippen molar-refractivity contribution in [2.24, 2.45) is 5.16 Å². The molecule has 1 rings (SSSR count). The molecule has 4 heteroatoms. The summed E-state index contributed by atoms with van der Waals surface area (Å²) in [4.78, 5) is 0. The normalized spacial score (nSPS) is 10.9. The average molecular weight is 232 g/mol. The molecule has 17 heavy (non-hydrogen) atoms. The third kappa shape index (κ3) is 4.56. The van der Waals surface area contributed by atoms with E-state index in [1.165, 1.54) is 0 Å². The lowest BCUT2D eigenvalue weighted by Gasteiger charge is -2.06. The summed E-state index contributed by atoms with van der Waals surface area (Å²) in [6, 6.07) is 9.48. The number of ether oxygens (including phenoxy) is 1. The van der Waals surface area contributed by atoms with Gasteiger partial charge in [0, 0.05) is 6.42 Å². The van der Waals surface area contributed by atoms with Crippen molar-refractivity contribution in [1.82, 2.24) is 0 Å². The van der Waals surface area contributed by atoms with Crippen LogP contribution in [-0.4, -0.2) is 17.5 Å². The molecule has 0 saturated carbocycles. The maximum Gasteiger partial charge on any atom is 0.119 e. The maximum absolute atomic E-state index is 8.61. The molecule has 0 aliphatic carbocycles. The third-order valence-electron chi connectivity index (χ3n) is 2.37. The molecule has 0 radical (unpaired) electrons. The van der Waals surface area contributed by atoms with Gasteiger partial charge in [0.1, 0.15) is 5.75 Å². The van der Waals surface area contributed by atoms with E-state index >= 15 is 0 Å². The van der Waals surface area contributed by atoms with Gasteiger partial charge in [-0.1, -0.05) is 5.16 Å². The van der Waals surface area contributed by atoms with Crippen LogP contribution < -0.4 is 4.74 Å². The number of hydrogen-bond donors (Lipinski definition) is 1. The van der Waals surface area contributed by atoms with E-state index < -0.39 is 0 Å². The van der Waals surface area contributed by atoms with E-state index in [9.17, 15) is 0 Å². The largest absolute Gasteiger partial charge is 0.494 e. The van der Waals surface area contributed by atoms with Gasteiger partial charge in [0.05, 0.1) is 18.4 Å². The minimum Gasteiger partial charge on any atom is -0.494 e. The van der Waals surface area contributed by atoms with Crippen LogP contribution in [0.15, 0.2) is 29.4 Å². The van der Waals surface area contributed by atoms with Crippen molar-refractivity contribution in [3.05, 3.63) is 29.8 Å². The summed E-state index contributed by atoms with van der Waals surface area (Å²) < 4.78 is 5.51. The van der Waals surface area contributed by atoms with Gasteiger partial charge in [-0.3, -0.25) is 0 Å². The lowest BCUT2D eigenvalue weighted by molar-refractivity contribution is 0.307. The second kappa shape index (κ2) is 7.29. The van der Waals surface area contributed by atoms with Gasteiger partial charge in [-0.15, -0.1) is 0 Å². The summed E-state index contributed by atoms with van der Waals surface area (Å²) in [5.41, 5.74) is 1.44. The first-order chi connectivity index (χ1) is 8.27. The Bertz CT molecular complexity index is 404. The van der Waals surface area contributed by atoms with Gasteiger partial charge in [-0.05, 0) is 49.6 Å². The first-order valence-corrected chi connectivity index (χ1v) is 5.56. The topological polar surface area (TPSA) is 65.6 Å². The fraction of sp³-hybridized carbons (Fsp3) is 0.385. The van der Waals surface area contributed by atoms with Crippen LogP contribution in [0.1, 0.15) is 31.7 Å². The fourth-order valence-corrected chi connectivity index (χ4v) is 1.35. The van der Waals surface area contributed by atoms with Gasteiger partial charge in [0.2, 0.25) is 0 Å². The highest BCUT2D eigenvalue weighted by Gasteiger charge is 1.98. The first-order valence-electron chi connectivity index (χ1n) is 5.56. The lowest BCUT2D eigenvalue weighted by Crippen LogP contribution is -1.98. The summed E-state index contributed by atoms with van der Waals surface area (Å²) in [6.45, 7) is 2.35. The Balaban J connectivity index is 2.39. The third-order valence-corrected chi connectivity index (χ3v) is 2.37. The molecule has 0 aliphatic rings. The van der Waals surface area contributed by atoms with E-state index in [2.05, 4.69) is 11.2 Å². The zero-order valence-electron chi connectivity index (χ0n) is 9.89.